The maximum absolute atomic E-state index is 14.1. The van der Waals surface area contributed by atoms with Gasteiger partial charge in [-0.15, -0.1) is 0 Å². The third-order valence-corrected chi connectivity index (χ3v) is 8.90. The maximum atomic E-state index is 14.1. The second-order valence-corrected chi connectivity index (χ2v) is 12.9. The van der Waals surface area contributed by atoms with Gasteiger partial charge in [-0.3, -0.25) is 29.0 Å². The van der Waals surface area contributed by atoms with Crippen LogP contribution in [-0.2, 0) is 30.3 Å². The van der Waals surface area contributed by atoms with E-state index in [9.17, 15) is 24.0 Å². The van der Waals surface area contributed by atoms with Crippen molar-refractivity contribution in [3.8, 4) is 0 Å². The van der Waals surface area contributed by atoms with Crippen LogP contribution in [0, 0.1) is 0 Å². The third-order valence-electron chi connectivity index (χ3n) is 8.90. The molecular weight excluding hydrogens is 688 g/mol. The van der Waals surface area contributed by atoms with Crippen LogP contribution in [0.4, 0.5) is 5.69 Å². The van der Waals surface area contributed by atoms with Crippen LogP contribution >= 0.6 is 0 Å². The van der Waals surface area contributed by atoms with Gasteiger partial charge < -0.3 is 42.8 Å². The predicted molar refractivity (Wildman–Crippen MR) is 206 cm³/mol. The standard InChI is InChI=1S/C40H46N8O6/c41-40(42)43-22-10-20-31-37(51)45-32(36(50)44-30-19-9-17-27-14-7-8-18-29(27)30)21-11-23-54-25-34(48-35(49)28-15-5-2-6-16-28)39(53)47-33(38(52)46-31)24-26-12-3-1-4-13-26/h1-9,12-19,31-34H,10-11,20-25H2,(H,44,50)(H,45,51)(H,46,52)(H,47,53)(H,48,49)(H4,41,42,43)/t31-,32-,33+,34?/m0/s1. The van der Waals surface area contributed by atoms with Crippen molar-refractivity contribution in [3.05, 3.63) is 114 Å². The summed E-state index contributed by atoms with van der Waals surface area (Å²) in [5, 5.41) is 15.9. The van der Waals surface area contributed by atoms with Crippen LogP contribution in [0.5, 0.6) is 0 Å². The molecule has 9 N–H and O–H groups in total. The fourth-order valence-corrected chi connectivity index (χ4v) is 6.08. The van der Waals surface area contributed by atoms with Gasteiger partial charge in [0.1, 0.15) is 24.2 Å². The van der Waals surface area contributed by atoms with Crippen LogP contribution in [0.1, 0.15) is 41.6 Å². The van der Waals surface area contributed by atoms with Crippen molar-refractivity contribution in [1.29, 1.82) is 0 Å². The summed E-state index contributed by atoms with van der Waals surface area (Å²) in [6, 6.07) is 26.2. The first-order valence-corrected chi connectivity index (χ1v) is 17.9. The minimum atomic E-state index is -1.17. The smallest absolute Gasteiger partial charge is 0.251 e. The van der Waals surface area contributed by atoms with Crippen LogP contribution in [0.25, 0.3) is 10.8 Å². The number of nitrogens with one attached hydrogen (secondary N) is 5. The highest BCUT2D eigenvalue weighted by molar-refractivity contribution is 6.05. The molecule has 5 rings (SSSR count). The number of anilines is 1. The van der Waals surface area contributed by atoms with E-state index in [1.165, 1.54) is 0 Å². The SMILES string of the molecule is NC(N)=NCCC[C@@H]1NC(=O)[C@@H](Cc2ccccc2)NC(=O)C(NC(=O)c2ccccc2)COCCC[C@@H](C(=O)Nc2cccc3ccccc23)NC1=O. The molecule has 4 aromatic rings. The molecule has 0 saturated carbocycles. The average Bonchev–Trinajstić information content (AvgIpc) is 3.18. The number of fused-ring (bicyclic) bond motifs is 1. The summed E-state index contributed by atoms with van der Waals surface area (Å²) in [6.45, 7) is 0.0828. The lowest BCUT2D eigenvalue weighted by molar-refractivity contribution is -0.133. The Balaban J connectivity index is 1.43. The number of ether oxygens (including phenoxy) is 1. The van der Waals surface area contributed by atoms with E-state index in [-0.39, 0.29) is 45.0 Å². The van der Waals surface area contributed by atoms with Crippen LogP contribution < -0.4 is 38.1 Å². The topological polar surface area (TPSA) is 219 Å². The predicted octanol–water partition coefficient (Wildman–Crippen LogP) is 2.14. The molecule has 14 heteroatoms. The minimum absolute atomic E-state index is 0.0804. The van der Waals surface area contributed by atoms with Gasteiger partial charge in [-0.05, 0) is 54.8 Å². The lowest BCUT2D eigenvalue weighted by atomic mass is 10.0. The summed E-state index contributed by atoms with van der Waals surface area (Å²) in [6.07, 6.45) is 1.00. The van der Waals surface area contributed by atoms with E-state index in [0.717, 1.165) is 16.3 Å². The zero-order valence-corrected chi connectivity index (χ0v) is 29.8. The van der Waals surface area contributed by atoms with E-state index in [4.69, 9.17) is 16.2 Å². The fourth-order valence-electron chi connectivity index (χ4n) is 6.08. The molecule has 4 aromatic carbocycles. The van der Waals surface area contributed by atoms with Crippen molar-refractivity contribution in [2.45, 2.75) is 56.3 Å². The highest BCUT2D eigenvalue weighted by Crippen LogP contribution is 2.23. The first-order chi connectivity index (χ1) is 26.2. The number of carbonyl (C=O) groups is 5. The number of nitrogens with zero attached hydrogens (tertiary/aromatic N) is 1. The van der Waals surface area contributed by atoms with E-state index < -0.39 is 53.7 Å². The Morgan fingerprint density at radius 1 is 0.778 bits per heavy atom. The first kappa shape index (κ1) is 38.9. The maximum Gasteiger partial charge on any atom is 0.251 e. The largest absolute Gasteiger partial charge is 0.379 e. The zero-order chi connectivity index (χ0) is 38.3. The van der Waals surface area contributed by atoms with Gasteiger partial charge in [0.25, 0.3) is 5.91 Å². The van der Waals surface area contributed by atoms with Gasteiger partial charge in [-0.1, -0.05) is 84.9 Å². The minimum Gasteiger partial charge on any atom is -0.379 e. The Bertz CT molecular complexity index is 1930. The lowest BCUT2D eigenvalue weighted by Crippen LogP contribution is -2.59. The van der Waals surface area contributed by atoms with Gasteiger partial charge in [0.15, 0.2) is 5.96 Å². The zero-order valence-electron chi connectivity index (χ0n) is 29.8. The van der Waals surface area contributed by atoms with E-state index in [2.05, 4.69) is 31.6 Å². The van der Waals surface area contributed by atoms with Gasteiger partial charge in [0, 0.05) is 36.2 Å². The highest BCUT2D eigenvalue weighted by Gasteiger charge is 2.32. The average molecular weight is 735 g/mol. The Morgan fingerprint density at radius 2 is 1.44 bits per heavy atom. The molecule has 0 aliphatic carbocycles. The molecule has 54 heavy (non-hydrogen) atoms. The van der Waals surface area contributed by atoms with Gasteiger partial charge in [-0.2, -0.15) is 0 Å². The number of guanidine groups is 1. The summed E-state index contributed by atoms with van der Waals surface area (Å²) in [7, 11) is 0. The van der Waals surface area contributed by atoms with Crippen molar-refractivity contribution in [2.24, 2.45) is 16.5 Å². The van der Waals surface area contributed by atoms with Crippen molar-refractivity contribution < 1.29 is 28.7 Å². The van der Waals surface area contributed by atoms with Crippen molar-refractivity contribution in [3.63, 3.8) is 0 Å². The summed E-state index contributed by atoms with van der Waals surface area (Å²) >= 11 is 0. The number of aliphatic imine (C=N–C) groups is 1. The Labute approximate surface area is 313 Å². The lowest BCUT2D eigenvalue weighted by Gasteiger charge is -2.26. The second-order valence-electron chi connectivity index (χ2n) is 12.9. The van der Waals surface area contributed by atoms with E-state index in [1.54, 1.807) is 36.4 Å². The number of nitrogens with two attached hydrogens (primary N) is 2. The van der Waals surface area contributed by atoms with E-state index in [1.807, 2.05) is 66.7 Å². The molecule has 1 heterocycles. The molecule has 1 fully saturated rings. The highest BCUT2D eigenvalue weighted by atomic mass is 16.5. The Kier molecular flexibility index (Phi) is 14.1. The third kappa shape index (κ3) is 11.4. The van der Waals surface area contributed by atoms with E-state index in [0.29, 0.717) is 24.1 Å². The monoisotopic (exact) mass is 734 g/mol. The number of carbonyl (C=O) groups excluding carboxylic acids is 5. The summed E-state index contributed by atoms with van der Waals surface area (Å²) in [4.78, 5) is 72.9. The number of benzene rings is 4. The summed E-state index contributed by atoms with van der Waals surface area (Å²) in [5.41, 5.74) is 12.7. The van der Waals surface area contributed by atoms with Gasteiger partial charge in [0.2, 0.25) is 23.6 Å². The van der Waals surface area contributed by atoms with Crippen LogP contribution in [0.15, 0.2) is 108 Å². The molecule has 1 unspecified atom stereocenters. The van der Waals surface area contributed by atoms with Gasteiger partial charge in [0.05, 0.1) is 6.61 Å². The van der Waals surface area contributed by atoms with Gasteiger partial charge in [-0.25, -0.2) is 0 Å². The molecule has 14 nitrogen and oxygen atoms in total. The van der Waals surface area contributed by atoms with E-state index >= 15 is 0 Å². The first-order valence-electron chi connectivity index (χ1n) is 17.9. The molecule has 5 amide bonds. The number of hydrogen-bond acceptors (Lipinski definition) is 7. The molecule has 1 aliphatic heterocycles. The number of rotatable bonds is 10. The summed E-state index contributed by atoms with van der Waals surface area (Å²) in [5.74, 6) is -2.96. The summed E-state index contributed by atoms with van der Waals surface area (Å²) < 4.78 is 5.89. The molecule has 0 bridgehead atoms. The van der Waals surface area contributed by atoms with Crippen molar-refractivity contribution in [1.82, 2.24) is 21.3 Å². The Hall–Kier alpha value is -6.28. The second kappa shape index (κ2) is 19.5. The fraction of sp³-hybridized carbons (Fsp3) is 0.300. The van der Waals surface area contributed by atoms with Crippen LogP contribution in [0.2, 0.25) is 0 Å². The molecule has 0 spiro atoms. The molecule has 1 saturated heterocycles. The van der Waals surface area contributed by atoms with Crippen molar-refractivity contribution >= 4 is 52.0 Å². The van der Waals surface area contributed by atoms with Crippen LogP contribution in [-0.4, -0.2) is 79.4 Å². The molecule has 0 aromatic heterocycles. The molecule has 4 atom stereocenters. The normalized spacial score (nSPS) is 19.9. The quantitative estimate of drug-likeness (QED) is 0.0726. The molecule has 0 radical (unpaired) electrons. The van der Waals surface area contributed by atoms with Crippen LogP contribution in [0.3, 0.4) is 0 Å². The van der Waals surface area contributed by atoms with Crippen molar-refractivity contribution in [2.75, 3.05) is 25.1 Å². The molecule has 1 aliphatic rings. The Morgan fingerprint density at radius 3 is 2.20 bits per heavy atom. The number of amides is 5. The number of hydrogen-bond donors (Lipinski definition) is 7. The van der Waals surface area contributed by atoms with Gasteiger partial charge >= 0.3 is 0 Å². The molecule has 282 valence electrons. The molecular formula is C40H46N8O6.